The lowest BCUT2D eigenvalue weighted by atomic mass is 9.98. The summed E-state index contributed by atoms with van der Waals surface area (Å²) in [5.41, 5.74) is 4.37. The van der Waals surface area contributed by atoms with Gasteiger partial charge in [-0.25, -0.2) is 0 Å². The molecule has 2 heterocycles. The summed E-state index contributed by atoms with van der Waals surface area (Å²) in [6, 6.07) is 9.12. The summed E-state index contributed by atoms with van der Waals surface area (Å²) >= 11 is 0. The fourth-order valence-corrected chi connectivity index (χ4v) is 3.02. The second kappa shape index (κ2) is 6.53. The normalized spacial score (nSPS) is 21.8. The van der Waals surface area contributed by atoms with Gasteiger partial charge in [0.2, 0.25) is 0 Å². The molecule has 2 aliphatic rings. The first-order valence-corrected chi connectivity index (χ1v) is 7.71. The molecule has 2 aliphatic heterocycles. The Kier molecular flexibility index (Phi) is 4.51. The highest BCUT2D eigenvalue weighted by Crippen LogP contribution is 2.21. The molecule has 1 fully saturated rings. The minimum Gasteiger partial charge on any atom is -0.313 e. The number of hydrogen-bond donors (Lipinski definition) is 1. The van der Waals surface area contributed by atoms with Crippen LogP contribution in [-0.2, 0) is 6.54 Å². The number of nitrogens with one attached hydrogen (secondary N) is 1. The second-order valence-electron chi connectivity index (χ2n) is 5.96. The van der Waals surface area contributed by atoms with Gasteiger partial charge < -0.3 is 10.2 Å². The quantitative estimate of drug-likeness (QED) is 0.904. The maximum atomic E-state index is 3.38. The Labute approximate surface area is 122 Å². The second-order valence-corrected chi connectivity index (χ2v) is 5.96. The molecular formula is C17H25N3. The van der Waals surface area contributed by atoms with Crippen molar-refractivity contribution in [1.82, 2.24) is 15.1 Å². The number of hydrogen-bond acceptors (Lipinski definition) is 3. The van der Waals surface area contributed by atoms with Crippen LogP contribution in [-0.4, -0.2) is 56.1 Å². The zero-order valence-electron chi connectivity index (χ0n) is 12.4. The summed E-state index contributed by atoms with van der Waals surface area (Å²) in [5, 5.41) is 3.38. The van der Waals surface area contributed by atoms with E-state index in [1.165, 1.54) is 42.9 Å². The van der Waals surface area contributed by atoms with Gasteiger partial charge in [0.1, 0.15) is 0 Å². The highest BCUT2D eigenvalue weighted by Gasteiger charge is 2.14. The van der Waals surface area contributed by atoms with E-state index in [4.69, 9.17) is 0 Å². The minimum atomic E-state index is 1.01. The Morgan fingerprint density at radius 1 is 1.15 bits per heavy atom. The molecule has 0 unspecified atom stereocenters. The molecule has 0 saturated carbocycles. The molecular weight excluding hydrogens is 246 g/mol. The van der Waals surface area contributed by atoms with Gasteiger partial charge in [0.15, 0.2) is 0 Å². The Balaban J connectivity index is 1.66. The van der Waals surface area contributed by atoms with Crippen LogP contribution in [0, 0.1) is 0 Å². The van der Waals surface area contributed by atoms with E-state index in [0.29, 0.717) is 0 Å². The van der Waals surface area contributed by atoms with Crippen LogP contribution < -0.4 is 5.32 Å². The molecule has 1 aromatic carbocycles. The molecule has 3 nitrogen and oxygen atoms in total. The number of benzene rings is 1. The van der Waals surface area contributed by atoms with E-state index in [0.717, 1.165) is 26.1 Å². The molecule has 0 amide bonds. The largest absolute Gasteiger partial charge is 0.313 e. The highest BCUT2D eigenvalue weighted by atomic mass is 15.2. The highest BCUT2D eigenvalue weighted by molar-refractivity contribution is 5.67. The average molecular weight is 271 g/mol. The van der Waals surface area contributed by atoms with Crippen molar-refractivity contribution < 1.29 is 0 Å². The smallest absolute Gasteiger partial charge is 0.0235 e. The molecule has 0 atom stereocenters. The van der Waals surface area contributed by atoms with Crippen LogP contribution in [0.2, 0.25) is 0 Å². The lowest BCUT2D eigenvalue weighted by Crippen LogP contribution is -2.43. The standard InChI is InChI=1S/C17H25N3/c1-19-9-11-20(12-10-19)14-15-3-2-4-17(13-15)16-5-7-18-8-6-16/h2-5,13,18H,6-12,14H2,1H3. The first-order chi connectivity index (χ1) is 9.81. The van der Waals surface area contributed by atoms with Gasteiger partial charge in [0.05, 0.1) is 0 Å². The van der Waals surface area contributed by atoms with Crippen molar-refractivity contribution in [2.75, 3.05) is 46.3 Å². The van der Waals surface area contributed by atoms with Gasteiger partial charge in [-0.1, -0.05) is 30.3 Å². The SMILES string of the molecule is CN1CCN(Cc2cccc(C3=CCNCC3)c2)CC1. The fraction of sp³-hybridized carbons (Fsp3) is 0.529. The van der Waals surface area contributed by atoms with Crippen molar-refractivity contribution in [3.05, 3.63) is 41.5 Å². The van der Waals surface area contributed by atoms with Gasteiger partial charge >= 0.3 is 0 Å². The van der Waals surface area contributed by atoms with Gasteiger partial charge in [-0.05, 0) is 36.7 Å². The van der Waals surface area contributed by atoms with E-state index in [2.05, 4.69) is 52.5 Å². The third-order valence-corrected chi connectivity index (χ3v) is 4.36. The van der Waals surface area contributed by atoms with Gasteiger partial charge in [-0.15, -0.1) is 0 Å². The van der Waals surface area contributed by atoms with E-state index in [9.17, 15) is 0 Å². The first-order valence-electron chi connectivity index (χ1n) is 7.71. The van der Waals surface area contributed by atoms with Crippen molar-refractivity contribution in [3.63, 3.8) is 0 Å². The van der Waals surface area contributed by atoms with Crippen molar-refractivity contribution in [3.8, 4) is 0 Å². The molecule has 20 heavy (non-hydrogen) atoms. The van der Waals surface area contributed by atoms with Crippen LogP contribution in [0.4, 0.5) is 0 Å². The Bertz CT molecular complexity index is 473. The van der Waals surface area contributed by atoms with Crippen LogP contribution in [0.25, 0.3) is 5.57 Å². The first kappa shape index (κ1) is 13.8. The Morgan fingerprint density at radius 3 is 2.75 bits per heavy atom. The van der Waals surface area contributed by atoms with Gasteiger partial charge in [0.25, 0.3) is 0 Å². The summed E-state index contributed by atoms with van der Waals surface area (Å²) in [5.74, 6) is 0. The maximum absolute atomic E-state index is 3.38. The molecule has 0 aliphatic carbocycles. The molecule has 3 rings (SSSR count). The lowest BCUT2D eigenvalue weighted by Gasteiger charge is -2.32. The van der Waals surface area contributed by atoms with Crippen LogP contribution in [0.15, 0.2) is 30.3 Å². The molecule has 3 heteroatoms. The van der Waals surface area contributed by atoms with Gasteiger partial charge in [-0.3, -0.25) is 4.90 Å². The molecule has 0 aromatic heterocycles. The summed E-state index contributed by atoms with van der Waals surface area (Å²) in [6.45, 7) is 7.97. The van der Waals surface area contributed by atoms with Crippen molar-refractivity contribution in [2.45, 2.75) is 13.0 Å². The molecule has 108 valence electrons. The zero-order valence-corrected chi connectivity index (χ0v) is 12.4. The van der Waals surface area contributed by atoms with Crippen LogP contribution in [0.3, 0.4) is 0 Å². The monoisotopic (exact) mass is 271 g/mol. The predicted octanol–water partition coefficient (Wildman–Crippen LogP) is 1.81. The Morgan fingerprint density at radius 2 is 2.00 bits per heavy atom. The van der Waals surface area contributed by atoms with Crippen LogP contribution >= 0.6 is 0 Å². The maximum Gasteiger partial charge on any atom is 0.0235 e. The summed E-state index contributed by atoms with van der Waals surface area (Å²) in [4.78, 5) is 4.97. The molecule has 1 N–H and O–H groups in total. The molecule has 0 bridgehead atoms. The molecule has 0 spiro atoms. The van der Waals surface area contributed by atoms with Crippen molar-refractivity contribution in [1.29, 1.82) is 0 Å². The van der Waals surface area contributed by atoms with E-state index < -0.39 is 0 Å². The average Bonchev–Trinajstić information content (AvgIpc) is 2.51. The lowest BCUT2D eigenvalue weighted by molar-refractivity contribution is 0.148. The van der Waals surface area contributed by atoms with E-state index in [1.54, 1.807) is 0 Å². The number of likely N-dealkylation sites (N-methyl/N-ethyl adjacent to an activating group) is 1. The van der Waals surface area contributed by atoms with Gasteiger partial charge in [0, 0.05) is 39.3 Å². The summed E-state index contributed by atoms with van der Waals surface area (Å²) < 4.78 is 0. The van der Waals surface area contributed by atoms with E-state index in [1.807, 2.05) is 0 Å². The number of nitrogens with zero attached hydrogens (tertiary/aromatic N) is 2. The summed E-state index contributed by atoms with van der Waals surface area (Å²) in [6.07, 6.45) is 3.48. The van der Waals surface area contributed by atoms with Crippen LogP contribution in [0.5, 0.6) is 0 Å². The molecule has 0 radical (unpaired) electrons. The van der Waals surface area contributed by atoms with E-state index in [-0.39, 0.29) is 0 Å². The number of rotatable bonds is 3. The summed E-state index contributed by atoms with van der Waals surface area (Å²) in [7, 11) is 2.21. The minimum absolute atomic E-state index is 1.01. The number of piperazine rings is 1. The zero-order chi connectivity index (χ0) is 13.8. The van der Waals surface area contributed by atoms with E-state index >= 15 is 0 Å². The predicted molar refractivity (Wildman–Crippen MR) is 84.7 cm³/mol. The molecule has 1 saturated heterocycles. The Hall–Kier alpha value is -1.16. The van der Waals surface area contributed by atoms with Crippen molar-refractivity contribution in [2.24, 2.45) is 0 Å². The van der Waals surface area contributed by atoms with Crippen molar-refractivity contribution >= 4 is 5.57 Å². The molecule has 1 aromatic rings. The van der Waals surface area contributed by atoms with Gasteiger partial charge in [-0.2, -0.15) is 0 Å². The third-order valence-electron chi connectivity index (χ3n) is 4.36. The topological polar surface area (TPSA) is 18.5 Å². The van der Waals surface area contributed by atoms with Crippen LogP contribution in [0.1, 0.15) is 17.5 Å². The third kappa shape index (κ3) is 3.48. The fourth-order valence-electron chi connectivity index (χ4n) is 3.02.